The van der Waals surface area contributed by atoms with Gasteiger partial charge in [-0.05, 0) is 80.2 Å². The van der Waals surface area contributed by atoms with Gasteiger partial charge in [0.15, 0.2) is 0 Å². The van der Waals surface area contributed by atoms with Gasteiger partial charge in [-0.25, -0.2) is 9.97 Å². The van der Waals surface area contributed by atoms with Crippen molar-refractivity contribution in [3.8, 4) is 5.75 Å². The number of para-hydroxylation sites is 1. The van der Waals surface area contributed by atoms with Gasteiger partial charge < -0.3 is 29.5 Å². The Balaban J connectivity index is 0.935. The highest BCUT2D eigenvalue weighted by Crippen LogP contribution is 2.26. The molecule has 3 N–H and O–H groups in total. The van der Waals surface area contributed by atoms with Gasteiger partial charge in [0.1, 0.15) is 17.9 Å². The third-order valence-corrected chi connectivity index (χ3v) is 8.46. The molecule has 3 aromatic carbocycles. The van der Waals surface area contributed by atoms with Gasteiger partial charge in [0.2, 0.25) is 0 Å². The molecule has 2 aromatic heterocycles. The molecule has 3 heterocycles. The van der Waals surface area contributed by atoms with E-state index in [0.29, 0.717) is 24.8 Å². The summed E-state index contributed by atoms with van der Waals surface area (Å²) in [5, 5.41) is 9.10. The minimum absolute atomic E-state index is 0.536. The van der Waals surface area contributed by atoms with Gasteiger partial charge in [-0.15, -0.1) is 0 Å². The zero-order chi connectivity index (χ0) is 30.1. The van der Waals surface area contributed by atoms with Gasteiger partial charge in [-0.3, -0.25) is 9.19 Å². The second kappa shape index (κ2) is 14.4. The molecule has 1 aliphatic rings. The quantitative estimate of drug-likeness (QED) is 0.153. The van der Waals surface area contributed by atoms with Crippen LogP contribution in [0.15, 0.2) is 85.3 Å². The Kier molecular flexibility index (Phi) is 9.76. The van der Waals surface area contributed by atoms with E-state index in [1.54, 1.807) is 18.5 Å². The molecule has 1 unspecified atom stereocenters. The number of nitrogens with one attached hydrogen (secondary N) is 3. The third kappa shape index (κ3) is 7.79. The molecule has 0 aliphatic carbocycles. The van der Waals surface area contributed by atoms with E-state index in [0.717, 1.165) is 90.1 Å². The third-order valence-electron chi connectivity index (χ3n) is 8.05. The summed E-state index contributed by atoms with van der Waals surface area (Å²) in [6.07, 6.45) is 6.45. The van der Waals surface area contributed by atoms with Crippen LogP contribution in [0.1, 0.15) is 18.4 Å². The van der Waals surface area contributed by atoms with Gasteiger partial charge in [0, 0.05) is 65.3 Å². The van der Waals surface area contributed by atoms with E-state index >= 15 is 0 Å². The van der Waals surface area contributed by atoms with Crippen molar-refractivity contribution in [2.75, 3.05) is 54.7 Å². The number of aromatic nitrogens is 3. The smallest absolute Gasteiger partial charge is 0.137 e. The molecule has 0 radical (unpaired) electrons. The monoisotopic (exact) mass is 610 g/mol. The molecule has 5 aromatic rings. The van der Waals surface area contributed by atoms with Crippen molar-refractivity contribution in [2.45, 2.75) is 19.3 Å². The molecular weight excluding hydrogens is 574 g/mol. The molecule has 44 heavy (non-hydrogen) atoms. The summed E-state index contributed by atoms with van der Waals surface area (Å²) in [6, 6.07) is 23.6. The van der Waals surface area contributed by atoms with Crippen LogP contribution in [0.5, 0.6) is 5.75 Å². The summed E-state index contributed by atoms with van der Waals surface area (Å²) in [5.41, 5.74) is 4.63. The van der Waals surface area contributed by atoms with Crippen LogP contribution in [0.4, 0.5) is 17.2 Å². The Morgan fingerprint density at radius 3 is 2.57 bits per heavy atom. The van der Waals surface area contributed by atoms with Crippen LogP contribution >= 0.6 is 0 Å². The predicted molar refractivity (Wildman–Crippen MR) is 176 cm³/mol. The highest BCUT2D eigenvalue weighted by atomic mass is 32.2. The van der Waals surface area contributed by atoms with Gasteiger partial charge in [-0.2, -0.15) is 0 Å². The van der Waals surface area contributed by atoms with Gasteiger partial charge in [0.25, 0.3) is 0 Å². The maximum Gasteiger partial charge on any atom is 0.137 e. The van der Waals surface area contributed by atoms with Crippen molar-refractivity contribution in [2.24, 2.45) is 5.92 Å². The van der Waals surface area contributed by atoms with Crippen LogP contribution in [-0.4, -0.2) is 67.9 Å². The standard InChI is InChI=1S/C33H37N7O3S/c41-44(42)39-26-7-5-24(6-8-26)11-15-36-33-29-10-9-27(21-32(29)37-23-38-33)43-22-25-13-18-40(19-14-25)20-17-35-31-12-16-34-30-4-2-1-3-28(30)31/h1-10,12,16,21,23,25,39H,11,13-15,17-20,22H2,(H,34,35)(H,41,42)(H,36,37,38)/p-1. The Bertz CT molecular complexity index is 1710. The largest absolute Gasteiger partial charge is 0.755 e. The van der Waals surface area contributed by atoms with E-state index in [1.165, 1.54) is 0 Å². The normalized spacial score (nSPS) is 14.8. The fourth-order valence-corrected chi connectivity index (χ4v) is 5.95. The number of rotatable bonds is 13. The van der Waals surface area contributed by atoms with Crippen molar-refractivity contribution in [1.82, 2.24) is 19.9 Å². The fourth-order valence-electron chi connectivity index (χ4n) is 5.62. The summed E-state index contributed by atoms with van der Waals surface area (Å²) in [5.74, 6) is 2.14. The molecule has 0 spiro atoms. The van der Waals surface area contributed by atoms with Crippen LogP contribution in [-0.2, 0) is 17.7 Å². The number of anilines is 3. The van der Waals surface area contributed by atoms with Crippen LogP contribution in [0.3, 0.4) is 0 Å². The average molecular weight is 611 g/mol. The van der Waals surface area contributed by atoms with E-state index in [9.17, 15) is 8.76 Å². The van der Waals surface area contributed by atoms with Gasteiger partial charge in [0.05, 0.1) is 17.6 Å². The maximum atomic E-state index is 10.8. The number of benzene rings is 3. The van der Waals surface area contributed by atoms with Crippen molar-refractivity contribution in [3.05, 3.63) is 90.9 Å². The van der Waals surface area contributed by atoms with Crippen LogP contribution < -0.4 is 20.1 Å². The van der Waals surface area contributed by atoms with Crippen molar-refractivity contribution < 1.29 is 13.5 Å². The van der Waals surface area contributed by atoms with E-state index in [2.05, 4.69) is 47.3 Å². The van der Waals surface area contributed by atoms with E-state index in [1.807, 2.05) is 54.7 Å². The van der Waals surface area contributed by atoms with Crippen molar-refractivity contribution in [1.29, 1.82) is 0 Å². The fraction of sp³-hybridized carbons (Fsp3) is 0.303. The Hall–Kier alpha value is -4.32. The van der Waals surface area contributed by atoms with E-state index < -0.39 is 11.3 Å². The van der Waals surface area contributed by atoms with Crippen molar-refractivity contribution in [3.63, 3.8) is 0 Å². The zero-order valence-electron chi connectivity index (χ0n) is 24.4. The number of nitrogens with zero attached hydrogens (tertiary/aromatic N) is 4. The molecule has 1 saturated heterocycles. The average Bonchev–Trinajstić information content (AvgIpc) is 3.05. The second-order valence-corrected chi connectivity index (χ2v) is 11.7. The lowest BCUT2D eigenvalue weighted by atomic mass is 9.98. The second-order valence-electron chi connectivity index (χ2n) is 11.0. The molecule has 11 heteroatoms. The molecule has 1 fully saturated rings. The number of likely N-dealkylation sites (tertiary alicyclic amines) is 1. The van der Waals surface area contributed by atoms with Crippen LogP contribution in [0.25, 0.3) is 21.8 Å². The maximum absolute atomic E-state index is 10.8. The number of ether oxygens (including phenoxy) is 1. The highest BCUT2D eigenvalue weighted by molar-refractivity contribution is 7.80. The van der Waals surface area contributed by atoms with Gasteiger partial charge in [-0.1, -0.05) is 30.3 Å². The number of fused-ring (bicyclic) bond motifs is 2. The lowest BCUT2D eigenvalue weighted by Crippen LogP contribution is -2.38. The number of piperidine rings is 1. The first kappa shape index (κ1) is 29.7. The summed E-state index contributed by atoms with van der Waals surface area (Å²) in [7, 11) is 0. The number of hydrogen-bond donors (Lipinski definition) is 3. The molecule has 1 aliphatic heterocycles. The van der Waals surface area contributed by atoms with Gasteiger partial charge >= 0.3 is 0 Å². The zero-order valence-corrected chi connectivity index (χ0v) is 25.3. The highest BCUT2D eigenvalue weighted by Gasteiger charge is 2.20. The minimum Gasteiger partial charge on any atom is -0.755 e. The molecular formula is C33H36N7O3S-. The molecule has 6 rings (SSSR count). The Morgan fingerprint density at radius 1 is 0.886 bits per heavy atom. The summed E-state index contributed by atoms with van der Waals surface area (Å²) >= 11 is -2.32. The lowest BCUT2D eigenvalue weighted by molar-refractivity contribution is 0.145. The van der Waals surface area contributed by atoms with Crippen molar-refractivity contribution >= 4 is 50.3 Å². The number of pyridine rings is 1. The molecule has 228 valence electrons. The first-order chi connectivity index (χ1) is 21.6. The number of hydrogen-bond acceptors (Lipinski definition) is 9. The van der Waals surface area contributed by atoms with Crippen LogP contribution in [0, 0.1) is 5.92 Å². The molecule has 1 atom stereocenters. The van der Waals surface area contributed by atoms with E-state index in [-0.39, 0.29) is 0 Å². The topological polar surface area (TPSA) is 127 Å². The summed E-state index contributed by atoms with van der Waals surface area (Å²) in [4.78, 5) is 15.9. The molecule has 0 amide bonds. The van der Waals surface area contributed by atoms with E-state index in [4.69, 9.17) is 4.74 Å². The Morgan fingerprint density at radius 2 is 1.73 bits per heavy atom. The lowest BCUT2D eigenvalue weighted by Gasteiger charge is -2.32. The SMILES string of the molecule is O=S([O-])Nc1ccc(CCNc2ncnc3cc(OCC4CCN(CCNc5ccnc6ccccc56)CC4)ccc23)cc1. The predicted octanol–water partition coefficient (Wildman–Crippen LogP) is 5.24. The molecule has 10 nitrogen and oxygen atoms in total. The molecule has 0 bridgehead atoms. The summed E-state index contributed by atoms with van der Waals surface area (Å²) < 4.78 is 30.1. The van der Waals surface area contributed by atoms with Crippen LogP contribution in [0.2, 0.25) is 0 Å². The first-order valence-corrected chi connectivity index (χ1v) is 16.0. The Labute approximate surface area is 259 Å². The summed E-state index contributed by atoms with van der Waals surface area (Å²) in [6.45, 7) is 5.46. The minimum atomic E-state index is -2.32. The molecule has 0 saturated carbocycles. The first-order valence-electron chi connectivity index (χ1n) is 15.0.